The molecule has 0 saturated carbocycles. The summed E-state index contributed by atoms with van der Waals surface area (Å²) >= 11 is 0. The SMILES string of the molecule is CCc1c(F)ccc2cc(OCOC)cc(-c3cc4nc(OC[C@@]56CCCN5C[C@H](F)C6)nc5c4c(n3)OC[C@H](CCO)N5C)c12. The normalized spacial score (nSPS) is 22.7. The molecule has 2 saturated heterocycles. The van der Waals surface area contributed by atoms with E-state index < -0.39 is 6.17 Å². The van der Waals surface area contributed by atoms with Crippen LogP contribution in [0.3, 0.4) is 0 Å². The fourth-order valence-corrected chi connectivity index (χ4v) is 7.42. The summed E-state index contributed by atoms with van der Waals surface area (Å²) in [6.45, 7) is 3.77. The first-order valence-electron chi connectivity index (χ1n) is 15.9. The summed E-state index contributed by atoms with van der Waals surface area (Å²) in [5.41, 5.74) is 1.92. The summed E-state index contributed by atoms with van der Waals surface area (Å²) in [5, 5.41) is 12.0. The predicted octanol–water partition coefficient (Wildman–Crippen LogP) is 5.06. The van der Waals surface area contributed by atoms with Crippen molar-refractivity contribution in [2.24, 2.45) is 0 Å². The van der Waals surface area contributed by atoms with Gasteiger partial charge in [-0.25, -0.2) is 13.8 Å². The predicted molar refractivity (Wildman–Crippen MR) is 170 cm³/mol. The van der Waals surface area contributed by atoms with Crippen LogP contribution in [0.15, 0.2) is 30.3 Å². The van der Waals surface area contributed by atoms with Crippen molar-refractivity contribution in [3.8, 4) is 28.9 Å². The van der Waals surface area contributed by atoms with Crippen LogP contribution in [0, 0.1) is 5.82 Å². The lowest BCUT2D eigenvalue weighted by Crippen LogP contribution is -2.43. The third kappa shape index (κ3) is 5.35. The molecule has 4 aromatic rings. The molecule has 0 unspecified atom stereocenters. The van der Waals surface area contributed by atoms with Gasteiger partial charge in [0.25, 0.3) is 0 Å². The zero-order valence-corrected chi connectivity index (χ0v) is 26.4. The van der Waals surface area contributed by atoms with Gasteiger partial charge in [-0.3, -0.25) is 4.90 Å². The molecule has 46 heavy (non-hydrogen) atoms. The van der Waals surface area contributed by atoms with E-state index in [1.165, 1.54) is 6.07 Å². The second-order valence-corrected chi connectivity index (χ2v) is 12.5. The zero-order valence-electron chi connectivity index (χ0n) is 26.4. The first-order valence-corrected chi connectivity index (χ1v) is 15.9. The van der Waals surface area contributed by atoms with Gasteiger partial charge in [-0.15, -0.1) is 0 Å². The molecule has 2 aromatic heterocycles. The fourth-order valence-electron chi connectivity index (χ4n) is 7.42. The van der Waals surface area contributed by atoms with Crippen LogP contribution >= 0.6 is 0 Å². The standard InChI is InChI=1S/C34H39F2N5O5/c1-4-24-26(36)7-6-20-12-23(46-19-43-3)13-25(29(20)24)27-14-28-30-31(40(2)22(8-11-42)17-44-32(30)37-27)39-33(38-28)45-18-34-9-5-10-41(34)16-21(35)15-34/h6-7,12-14,21-22,42H,4-5,8-11,15-19H2,1-3H3/t21-,22+,34+/m1/s1. The Morgan fingerprint density at radius 3 is 2.80 bits per heavy atom. The number of aromatic nitrogens is 3. The summed E-state index contributed by atoms with van der Waals surface area (Å²) < 4.78 is 53.3. The van der Waals surface area contributed by atoms with Gasteiger partial charge in [-0.2, -0.15) is 9.97 Å². The molecular formula is C34H39F2N5O5. The van der Waals surface area contributed by atoms with Crippen LogP contribution in [0.1, 0.15) is 38.2 Å². The van der Waals surface area contributed by atoms with Gasteiger partial charge in [-0.05, 0) is 72.8 Å². The van der Waals surface area contributed by atoms with Crippen molar-refractivity contribution in [3.05, 3.63) is 41.7 Å². The highest BCUT2D eigenvalue weighted by molar-refractivity contribution is 6.03. The maximum absolute atomic E-state index is 15.2. The minimum Gasteiger partial charge on any atom is -0.475 e. The van der Waals surface area contributed by atoms with Gasteiger partial charge in [-0.1, -0.05) is 13.0 Å². The Hall–Kier alpha value is -3.87. The van der Waals surface area contributed by atoms with Crippen LogP contribution in [-0.2, 0) is 11.2 Å². The van der Waals surface area contributed by atoms with E-state index in [4.69, 9.17) is 33.9 Å². The number of anilines is 1. The van der Waals surface area contributed by atoms with Crippen molar-refractivity contribution >= 4 is 27.5 Å². The van der Waals surface area contributed by atoms with E-state index in [1.54, 1.807) is 13.2 Å². The van der Waals surface area contributed by atoms with Gasteiger partial charge in [0.1, 0.15) is 42.2 Å². The molecule has 0 aliphatic carbocycles. The van der Waals surface area contributed by atoms with E-state index in [2.05, 4.69) is 4.90 Å². The van der Waals surface area contributed by atoms with Crippen LogP contribution < -0.4 is 19.1 Å². The largest absolute Gasteiger partial charge is 0.475 e. The van der Waals surface area contributed by atoms with Crippen molar-refractivity contribution < 1.29 is 32.8 Å². The molecule has 2 aromatic carbocycles. The highest BCUT2D eigenvalue weighted by Gasteiger charge is 2.49. The fraction of sp³-hybridized carbons (Fsp3) is 0.500. The van der Waals surface area contributed by atoms with Crippen LogP contribution in [0.5, 0.6) is 17.6 Å². The summed E-state index contributed by atoms with van der Waals surface area (Å²) in [6.07, 6.45) is 2.36. The summed E-state index contributed by atoms with van der Waals surface area (Å²) in [4.78, 5) is 18.8. The monoisotopic (exact) mass is 635 g/mol. The lowest BCUT2D eigenvalue weighted by molar-refractivity contribution is 0.0512. The molecule has 0 radical (unpaired) electrons. The second-order valence-electron chi connectivity index (χ2n) is 12.5. The minimum atomic E-state index is -0.874. The van der Waals surface area contributed by atoms with Gasteiger partial charge in [0.05, 0.1) is 22.8 Å². The highest BCUT2D eigenvalue weighted by atomic mass is 19.1. The van der Waals surface area contributed by atoms with E-state index in [-0.39, 0.29) is 50.0 Å². The number of alkyl halides is 1. The van der Waals surface area contributed by atoms with Crippen molar-refractivity contribution in [3.63, 3.8) is 0 Å². The molecule has 0 amide bonds. The van der Waals surface area contributed by atoms with E-state index in [9.17, 15) is 9.50 Å². The Balaban J connectivity index is 1.39. The lowest BCUT2D eigenvalue weighted by Gasteiger charge is -2.31. The maximum Gasteiger partial charge on any atom is 0.319 e. The number of ether oxygens (including phenoxy) is 4. The first kappa shape index (κ1) is 30.8. The minimum absolute atomic E-state index is 0.0284. The third-order valence-corrected chi connectivity index (χ3v) is 9.71. The van der Waals surface area contributed by atoms with Crippen molar-refractivity contribution in [2.45, 2.75) is 56.8 Å². The number of hydrogen-bond acceptors (Lipinski definition) is 10. The summed E-state index contributed by atoms with van der Waals surface area (Å²) in [7, 11) is 3.45. The summed E-state index contributed by atoms with van der Waals surface area (Å²) in [6, 6.07) is 8.72. The summed E-state index contributed by atoms with van der Waals surface area (Å²) in [5.74, 6) is 1.16. The molecule has 244 valence electrons. The van der Waals surface area contributed by atoms with Crippen molar-refractivity contribution in [1.29, 1.82) is 0 Å². The molecule has 7 rings (SSSR count). The van der Waals surface area contributed by atoms with Crippen molar-refractivity contribution in [1.82, 2.24) is 19.9 Å². The zero-order chi connectivity index (χ0) is 32.0. The Morgan fingerprint density at radius 2 is 2.00 bits per heavy atom. The Bertz CT molecular complexity index is 1780. The molecule has 0 bridgehead atoms. The smallest absolute Gasteiger partial charge is 0.319 e. The lowest BCUT2D eigenvalue weighted by atomic mass is 9.94. The number of likely N-dealkylation sites (N-methyl/N-ethyl adjacent to an activating group) is 1. The average molecular weight is 636 g/mol. The topological polar surface area (TPSA) is 102 Å². The van der Waals surface area contributed by atoms with Gasteiger partial charge < -0.3 is 29.0 Å². The number of aryl methyl sites for hydroxylation is 1. The van der Waals surface area contributed by atoms with Gasteiger partial charge in [0, 0.05) is 39.3 Å². The first-order chi connectivity index (χ1) is 22.3. The Kier molecular flexibility index (Phi) is 8.28. The molecule has 0 spiro atoms. The number of fused-ring (bicyclic) bond motifs is 2. The van der Waals surface area contributed by atoms with E-state index >= 15 is 4.39 Å². The Morgan fingerprint density at radius 1 is 1.13 bits per heavy atom. The van der Waals surface area contributed by atoms with E-state index in [1.807, 2.05) is 37.1 Å². The quantitative estimate of drug-likeness (QED) is 0.238. The Labute approximate surface area is 266 Å². The average Bonchev–Trinajstić information content (AvgIpc) is 3.54. The maximum atomic E-state index is 15.2. The van der Waals surface area contributed by atoms with Gasteiger partial charge in [0.15, 0.2) is 6.79 Å². The number of aliphatic hydroxyl groups excluding tert-OH is 1. The molecular weight excluding hydrogens is 596 g/mol. The van der Waals surface area contributed by atoms with Crippen LogP contribution in [0.4, 0.5) is 14.6 Å². The number of nitrogens with zero attached hydrogens (tertiary/aromatic N) is 5. The van der Waals surface area contributed by atoms with Crippen molar-refractivity contribution in [2.75, 3.05) is 58.8 Å². The number of rotatable bonds is 10. The van der Waals surface area contributed by atoms with Crippen LogP contribution in [-0.4, -0.2) is 96.6 Å². The number of methoxy groups -OCH3 is 1. The van der Waals surface area contributed by atoms with Gasteiger partial charge >= 0.3 is 6.01 Å². The van der Waals surface area contributed by atoms with E-state index in [0.717, 1.165) is 30.2 Å². The van der Waals surface area contributed by atoms with Crippen LogP contribution in [0.25, 0.3) is 32.9 Å². The van der Waals surface area contributed by atoms with E-state index in [0.29, 0.717) is 71.0 Å². The number of hydrogen-bond donors (Lipinski definition) is 1. The number of aliphatic hydroxyl groups is 1. The molecule has 5 heterocycles. The molecule has 1 N–H and O–H groups in total. The number of pyridine rings is 1. The molecule has 3 aliphatic rings. The number of benzene rings is 2. The number of halogens is 2. The molecule has 3 aliphatic heterocycles. The molecule has 2 fully saturated rings. The van der Waals surface area contributed by atoms with Gasteiger partial charge in [0.2, 0.25) is 5.88 Å². The highest BCUT2D eigenvalue weighted by Crippen LogP contribution is 2.43. The second kappa shape index (κ2) is 12.4. The van der Waals surface area contributed by atoms with Crippen LogP contribution in [0.2, 0.25) is 0 Å². The molecule has 10 nitrogen and oxygen atoms in total. The molecule has 12 heteroatoms. The molecule has 3 atom stereocenters. The third-order valence-electron chi connectivity index (χ3n) is 9.71.